The number of likely N-dealkylation sites (tertiary alicyclic amines) is 1. The molecule has 0 bridgehead atoms. The lowest BCUT2D eigenvalue weighted by atomic mass is 9.95. The van der Waals surface area contributed by atoms with Gasteiger partial charge in [-0.3, -0.25) is 0 Å². The smallest absolute Gasteiger partial charge is 0.227 e. The minimum atomic E-state index is -0.144. The van der Waals surface area contributed by atoms with Gasteiger partial charge in [-0.05, 0) is 31.8 Å². The maximum absolute atomic E-state index is 8.84. The number of rotatable bonds is 4. The molecule has 0 amide bonds. The third kappa shape index (κ3) is 2.80. The zero-order valence-electron chi connectivity index (χ0n) is 9.72. The van der Waals surface area contributed by atoms with E-state index in [2.05, 4.69) is 22.0 Å². The van der Waals surface area contributed by atoms with Crippen molar-refractivity contribution in [1.29, 1.82) is 0 Å². The van der Waals surface area contributed by atoms with Crippen LogP contribution >= 0.6 is 0 Å². The number of hydrogen-bond donors (Lipinski definition) is 1. The number of piperidine rings is 1. The van der Waals surface area contributed by atoms with E-state index in [0.717, 1.165) is 19.5 Å². The van der Waals surface area contributed by atoms with Crippen molar-refractivity contribution in [2.24, 2.45) is 5.92 Å². The third-order valence-electron chi connectivity index (χ3n) is 3.17. The minimum Gasteiger partial charge on any atom is -0.388 e. The molecule has 16 heavy (non-hydrogen) atoms. The van der Waals surface area contributed by atoms with Crippen molar-refractivity contribution in [2.45, 2.75) is 32.8 Å². The van der Waals surface area contributed by atoms with Crippen molar-refractivity contribution < 1.29 is 9.63 Å². The van der Waals surface area contributed by atoms with Gasteiger partial charge < -0.3 is 14.5 Å². The lowest BCUT2D eigenvalue weighted by molar-refractivity contribution is 0.174. The van der Waals surface area contributed by atoms with Crippen LogP contribution in [0.3, 0.4) is 0 Å². The highest BCUT2D eigenvalue weighted by Crippen LogP contribution is 2.19. The molecule has 0 aromatic carbocycles. The first-order chi connectivity index (χ1) is 7.81. The van der Waals surface area contributed by atoms with Gasteiger partial charge in [0.1, 0.15) is 6.61 Å². The summed E-state index contributed by atoms with van der Waals surface area (Å²) in [6.45, 7) is 5.49. The van der Waals surface area contributed by atoms with Gasteiger partial charge in [0.25, 0.3) is 0 Å². The quantitative estimate of drug-likeness (QED) is 0.822. The fourth-order valence-electron chi connectivity index (χ4n) is 2.29. The van der Waals surface area contributed by atoms with Crippen molar-refractivity contribution in [3.63, 3.8) is 0 Å². The molecule has 1 aliphatic heterocycles. The van der Waals surface area contributed by atoms with Gasteiger partial charge in [0.15, 0.2) is 5.82 Å². The Balaban J connectivity index is 1.88. The van der Waals surface area contributed by atoms with Crippen LogP contribution in [-0.2, 0) is 13.0 Å². The fourth-order valence-corrected chi connectivity index (χ4v) is 2.29. The average Bonchev–Trinajstić information content (AvgIpc) is 2.77. The number of aliphatic hydroxyl groups excluding tert-OH is 1. The summed E-state index contributed by atoms with van der Waals surface area (Å²) in [4.78, 5) is 6.58. The maximum atomic E-state index is 8.84. The van der Waals surface area contributed by atoms with E-state index in [4.69, 9.17) is 9.63 Å². The fraction of sp³-hybridized carbons (Fsp3) is 0.818. The molecule has 1 aromatic heterocycles. The summed E-state index contributed by atoms with van der Waals surface area (Å²) < 4.78 is 5.09. The predicted molar refractivity (Wildman–Crippen MR) is 58.8 cm³/mol. The zero-order valence-corrected chi connectivity index (χ0v) is 9.72. The van der Waals surface area contributed by atoms with Crippen molar-refractivity contribution in [2.75, 3.05) is 19.6 Å². The normalized spacial score (nSPS) is 22.5. The van der Waals surface area contributed by atoms with Crippen molar-refractivity contribution in [1.82, 2.24) is 15.0 Å². The van der Waals surface area contributed by atoms with Crippen molar-refractivity contribution in [3.8, 4) is 0 Å². The highest BCUT2D eigenvalue weighted by Gasteiger charge is 2.21. The average molecular weight is 225 g/mol. The van der Waals surface area contributed by atoms with E-state index in [0.29, 0.717) is 17.6 Å². The van der Waals surface area contributed by atoms with Crippen LogP contribution in [0.5, 0.6) is 0 Å². The summed E-state index contributed by atoms with van der Waals surface area (Å²) in [5.74, 6) is 1.66. The molecule has 1 unspecified atom stereocenters. The topological polar surface area (TPSA) is 62.4 Å². The molecule has 2 heterocycles. The third-order valence-corrected chi connectivity index (χ3v) is 3.17. The Morgan fingerprint density at radius 2 is 2.44 bits per heavy atom. The second kappa shape index (κ2) is 5.41. The molecule has 1 fully saturated rings. The van der Waals surface area contributed by atoms with Gasteiger partial charge in [0.2, 0.25) is 5.89 Å². The first-order valence-electron chi connectivity index (χ1n) is 5.96. The van der Waals surface area contributed by atoms with Crippen molar-refractivity contribution in [3.05, 3.63) is 11.7 Å². The van der Waals surface area contributed by atoms with E-state index in [1.54, 1.807) is 0 Å². The molecular weight excluding hydrogens is 206 g/mol. The van der Waals surface area contributed by atoms with Crippen LogP contribution in [-0.4, -0.2) is 39.8 Å². The highest BCUT2D eigenvalue weighted by molar-refractivity contribution is 4.88. The van der Waals surface area contributed by atoms with Gasteiger partial charge in [0, 0.05) is 13.0 Å². The van der Waals surface area contributed by atoms with E-state index in [9.17, 15) is 0 Å². The second-order valence-electron chi connectivity index (χ2n) is 4.37. The molecule has 0 spiro atoms. The standard InChI is InChI=1S/C11H19N3O2/c1-2-14-5-3-4-9(7-14)6-11-12-10(8-15)13-16-11/h9,15H,2-8H2,1H3. The van der Waals surface area contributed by atoms with Crippen LogP contribution < -0.4 is 0 Å². The number of hydrogen-bond acceptors (Lipinski definition) is 5. The van der Waals surface area contributed by atoms with Crippen LogP contribution in [0.25, 0.3) is 0 Å². The Bertz CT molecular complexity index is 327. The largest absolute Gasteiger partial charge is 0.388 e. The summed E-state index contributed by atoms with van der Waals surface area (Å²) in [7, 11) is 0. The van der Waals surface area contributed by atoms with Gasteiger partial charge in [-0.2, -0.15) is 4.98 Å². The van der Waals surface area contributed by atoms with E-state index < -0.39 is 0 Å². The Kier molecular flexibility index (Phi) is 3.90. The second-order valence-corrected chi connectivity index (χ2v) is 4.37. The summed E-state index contributed by atoms with van der Waals surface area (Å²) in [5, 5.41) is 12.5. The van der Waals surface area contributed by atoms with Crippen LogP contribution in [0.15, 0.2) is 4.52 Å². The molecule has 0 aliphatic carbocycles. The van der Waals surface area contributed by atoms with Crippen LogP contribution in [0, 0.1) is 5.92 Å². The monoisotopic (exact) mass is 225 g/mol. The zero-order chi connectivity index (χ0) is 11.4. The summed E-state index contributed by atoms with van der Waals surface area (Å²) in [6, 6.07) is 0. The molecule has 1 atom stereocenters. The van der Waals surface area contributed by atoms with Gasteiger partial charge in [-0.15, -0.1) is 0 Å². The lowest BCUT2D eigenvalue weighted by Gasteiger charge is -2.30. The summed E-state index contributed by atoms with van der Waals surface area (Å²) in [5.41, 5.74) is 0. The molecule has 5 heteroatoms. The molecule has 1 aliphatic rings. The highest BCUT2D eigenvalue weighted by atomic mass is 16.5. The van der Waals surface area contributed by atoms with E-state index >= 15 is 0 Å². The maximum Gasteiger partial charge on any atom is 0.227 e. The molecule has 2 rings (SSSR count). The predicted octanol–water partition coefficient (Wildman–Crippen LogP) is 0.836. The Labute approximate surface area is 95.4 Å². The molecule has 0 saturated carbocycles. The minimum absolute atomic E-state index is 0.144. The molecule has 1 aromatic rings. The van der Waals surface area contributed by atoms with Crippen molar-refractivity contribution >= 4 is 0 Å². The van der Waals surface area contributed by atoms with E-state index in [-0.39, 0.29) is 6.61 Å². The Hall–Kier alpha value is -0.940. The molecule has 1 N–H and O–H groups in total. The van der Waals surface area contributed by atoms with Gasteiger partial charge in [0.05, 0.1) is 0 Å². The first-order valence-corrected chi connectivity index (χ1v) is 5.96. The van der Waals surface area contributed by atoms with E-state index in [1.807, 2.05) is 0 Å². The molecule has 5 nitrogen and oxygen atoms in total. The number of nitrogens with zero attached hydrogens (tertiary/aromatic N) is 3. The van der Waals surface area contributed by atoms with Gasteiger partial charge >= 0.3 is 0 Å². The number of aromatic nitrogens is 2. The van der Waals surface area contributed by atoms with Gasteiger partial charge in [-0.1, -0.05) is 12.1 Å². The van der Waals surface area contributed by atoms with E-state index in [1.165, 1.54) is 19.4 Å². The number of aliphatic hydroxyl groups is 1. The summed E-state index contributed by atoms with van der Waals surface area (Å²) in [6.07, 6.45) is 3.32. The van der Waals surface area contributed by atoms with Gasteiger partial charge in [-0.25, -0.2) is 0 Å². The SMILES string of the molecule is CCN1CCCC(Cc2nc(CO)no2)C1. The Morgan fingerprint density at radius 3 is 3.12 bits per heavy atom. The van der Waals surface area contributed by atoms with Crippen LogP contribution in [0.4, 0.5) is 0 Å². The summed E-state index contributed by atoms with van der Waals surface area (Å²) >= 11 is 0. The molecular formula is C11H19N3O2. The molecule has 0 radical (unpaired) electrons. The van der Waals surface area contributed by atoms with Crippen LogP contribution in [0.2, 0.25) is 0 Å². The lowest BCUT2D eigenvalue weighted by Crippen LogP contribution is -2.35. The molecule has 90 valence electrons. The Morgan fingerprint density at radius 1 is 1.56 bits per heavy atom. The first kappa shape index (κ1) is 11.5. The van der Waals surface area contributed by atoms with Crippen LogP contribution in [0.1, 0.15) is 31.5 Å². The molecule has 1 saturated heterocycles.